The van der Waals surface area contributed by atoms with Gasteiger partial charge in [-0.05, 0) is 72.4 Å². The lowest BCUT2D eigenvalue weighted by atomic mass is 9.80. The Morgan fingerprint density at radius 3 is 2.45 bits per heavy atom. The van der Waals surface area contributed by atoms with E-state index in [1.165, 1.54) is 0 Å². The summed E-state index contributed by atoms with van der Waals surface area (Å²) >= 11 is 5.49. The number of nitrogens with one attached hydrogen (secondary N) is 1. The van der Waals surface area contributed by atoms with E-state index in [1.54, 1.807) is 0 Å². The fourth-order valence-electron chi connectivity index (χ4n) is 2.75. The first-order valence-electron chi connectivity index (χ1n) is 7.07. The molecule has 0 aliphatic heterocycles. The van der Waals surface area contributed by atoms with Crippen molar-refractivity contribution >= 4 is 50.1 Å². The van der Waals surface area contributed by atoms with Gasteiger partial charge in [-0.2, -0.15) is 13.2 Å². The summed E-state index contributed by atoms with van der Waals surface area (Å²) in [6, 6.07) is 5.54. The number of carbonyl (C=O) groups is 1. The summed E-state index contributed by atoms with van der Waals surface area (Å²) in [4.78, 5) is 12.0. The molecule has 0 spiro atoms. The predicted octanol–water partition coefficient (Wildman–Crippen LogP) is 5.75. The second kappa shape index (κ2) is 7.51. The van der Waals surface area contributed by atoms with Gasteiger partial charge in [-0.3, -0.25) is 4.79 Å². The number of carbonyl (C=O) groups excluding carboxylic acids is 1. The summed E-state index contributed by atoms with van der Waals surface area (Å²) in [5.74, 6) is -1.28. The zero-order valence-electron chi connectivity index (χ0n) is 11.7. The van der Waals surface area contributed by atoms with Crippen LogP contribution in [0.3, 0.4) is 0 Å². The van der Waals surface area contributed by atoms with Crippen molar-refractivity contribution in [1.82, 2.24) is 0 Å². The van der Waals surface area contributed by atoms with Gasteiger partial charge in [0.25, 0.3) is 0 Å². The van der Waals surface area contributed by atoms with Gasteiger partial charge in [-0.25, -0.2) is 0 Å². The highest BCUT2D eigenvalue weighted by atomic mass is 127. The fraction of sp³-hybridized carbons (Fsp3) is 0.533. The van der Waals surface area contributed by atoms with Gasteiger partial charge in [0.15, 0.2) is 0 Å². The Bertz CT molecular complexity index is 542. The maximum atomic E-state index is 12.6. The molecule has 2 rings (SSSR count). The van der Waals surface area contributed by atoms with Crippen LogP contribution in [-0.4, -0.2) is 12.1 Å². The van der Waals surface area contributed by atoms with Crippen LogP contribution in [0.25, 0.3) is 0 Å². The lowest BCUT2D eigenvalue weighted by molar-refractivity contribution is -0.183. The van der Waals surface area contributed by atoms with E-state index < -0.39 is 12.1 Å². The van der Waals surface area contributed by atoms with Crippen LogP contribution < -0.4 is 5.32 Å². The molecule has 0 aromatic heterocycles. The van der Waals surface area contributed by atoms with E-state index in [4.69, 9.17) is 0 Å². The number of alkyl halides is 3. The van der Waals surface area contributed by atoms with E-state index in [0.29, 0.717) is 12.8 Å². The number of hydrogen-bond donors (Lipinski definition) is 1. The molecule has 2 nitrogen and oxygen atoms in total. The molecule has 1 amide bonds. The molecule has 1 aromatic rings. The Morgan fingerprint density at radius 2 is 1.91 bits per heavy atom. The number of rotatable bonds is 3. The minimum atomic E-state index is -4.10. The monoisotopic (exact) mass is 489 g/mol. The van der Waals surface area contributed by atoms with Crippen LogP contribution in [-0.2, 0) is 4.79 Å². The summed E-state index contributed by atoms with van der Waals surface area (Å²) in [5.41, 5.74) is 0.734. The van der Waals surface area contributed by atoms with Crippen LogP contribution in [0.1, 0.15) is 32.1 Å². The molecule has 0 saturated heterocycles. The summed E-state index contributed by atoms with van der Waals surface area (Å²) in [6.07, 6.45) is -2.60. The van der Waals surface area contributed by atoms with E-state index in [9.17, 15) is 18.0 Å². The normalized spacial score (nSPS) is 22.4. The van der Waals surface area contributed by atoms with E-state index >= 15 is 0 Å². The molecule has 7 heteroatoms. The average Bonchev–Trinajstić information content (AvgIpc) is 2.41. The van der Waals surface area contributed by atoms with Crippen molar-refractivity contribution in [3.63, 3.8) is 0 Å². The average molecular weight is 490 g/mol. The topological polar surface area (TPSA) is 29.1 Å². The summed E-state index contributed by atoms with van der Waals surface area (Å²) < 4.78 is 39.7. The van der Waals surface area contributed by atoms with Gasteiger partial charge >= 0.3 is 6.18 Å². The number of amides is 1. The number of benzene rings is 1. The summed E-state index contributed by atoms with van der Waals surface area (Å²) in [7, 11) is 0. The van der Waals surface area contributed by atoms with Crippen LogP contribution in [0.5, 0.6) is 0 Å². The molecular weight excluding hydrogens is 474 g/mol. The second-order valence-corrected chi connectivity index (χ2v) is 7.71. The first-order valence-corrected chi connectivity index (χ1v) is 8.94. The van der Waals surface area contributed by atoms with E-state index in [2.05, 4.69) is 43.8 Å². The Hall–Kier alpha value is -0.310. The van der Waals surface area contributed by atoms with Gasteiger partial charge in [0.2, 0.25) is 5.91 Å². The van der Waals surface area contributed by atoms with Gasteiger partial charge in [0, 0.05) is 14.5 Å². The van der Waals surface area contributed by atoms with E-state index in [-0.39, 0.29) is 31.1 Å². The summed E-state index contributed by atoms with van der Waals surface area (Å²) in [6.45, 7) is 0. The maximum absolute atomic E-state index is 12.6. The second-order valence-electron chi connectivity index (χ2n) is 5.64. The fourth-order valence-corrected chi connectivity index (χ4v) is 4.19. The molecule has 1 aromatic carbocycles. The third-order valence-electron chi connectivity index (χ3n) is 3.99. The standard InChI is InChI=1S/C15H16BrF3INO/c16-11-5-6-13(12(20)8-11)21-14(22)7-9-1-3-10(4-2-9)15(17,18)19/h5-6,8-10H,1-4,7H2,(H,21,22). The molecule has 0 radical (unpaired) electrons. The van der Waals surface area contributed by atoms with Crippen molar-refractivity contribution in [2.24, 2.45) is 11.8 Å². The van der Waals surface area contributed by atoms with Crippen LogP contribution in [0.4, 0.5) is 18.9 Å². The maximum Gasteiger partial charge on any atom is 0.391 e. The van der Waals surface area contributed by atoms with Crippen molar-refractivity contribution in [2.75, 3.05) is 5.32 Å². The Morgan fingerprint density at radius 1 is 1.27 bits per heavy atom. The van der Waals surface area contributed by atoms with Gasteiger partial charge in [0.1, 0.15) is 0 Å². The SMILES string of the molecule is O=C(CC1CCC(C(F)(F)F)CC1)Nc1ccc(Br)cc1I. The summed E-state index contributed by atoms with van der Waals surface area (Å²) in [5, 5.41) is 2.84. The van der Waals surface area contributed by atoms with Crippen molar-refractivity contribution < 1.29 is 18.0 Å². The van der Waals surface area contributed by atoms with Crippen LogP contribution in [0.15, 0.2) is 22.7 Å². The van der Waals surface area contributed by atoms with Crippen molar-refractivity contribution in [2.45, 2.75) is 38.3 Å². The minimum absolute atomic E-state index is 0.0479. The minimum Gasteiger partial charge on any atom is -0.325 e. The highest BCUT2D eigenvalue weighted by Gasteiger charge is 2.41. The molecule has 1 fully saturated rings. The molecule has 22 heavy (non-hydrogen) atoms. The predicted molar refractivity (Wildman–Crippen MR) is 91.6 cm³/mol. The zero-order chi connectivity index (χ0) is 16.3. The lowest BCUT2D eigenvalue weighted by Gasteiger charge is -2.29. The number of anilines is 1. The molecule has 122 valence electrons. The van der Waals surface area contributed by atoms with Crippen molar-refractivity contribution in [3.8, 4) is 0 Å². The van der Waals surface area contributed by atoms with E-state index in [1.807, 2.05) is 18.2 Å². The molecule has 0 atom stereocenters. The molecule has 0 unspecified atom stereocenters. The Kier molecular flexibility index (Phi) is 6.15. The lowest BCUT2D eigenvalue weighted by Crippen LogP contribution is -2.29. The van der Waals surface area contributed by atoms with Gasteiger partial charge < -0.3 is 5.32 Å². The third kappa shape index (κ3) is 5.11. The largest absolute Gasteiger partial charge is 0.391 e. The Balaban J connectivity index is 1.83. The van der Waals surface area contributed by atoms with Crippen LogP contribution >= 0.6 is 38.5 Å². The van der Waals surface area contributed by atoms with Gasteiger partial charge in [-0.15, -0.1) is 0 Å². The highest BCUT2D eigenvalue weighted by molar-refractivity contribution is 14.1. The van der Waals surface area contributed by atoms with Gasteiger partial charge in [-0.1, -0.05) is 15.9 Å². The molecule has 0 bridgehead atoms. The van der Waals surface area contributed by atoms with Crippen LogP contribution in [0, 0.1) is 15.4 Å². The molecule has 0 heterocycles. The molecule has 1 aliphatic carbocycles. The Labute approximate surface area is 149 Å². The van der Waals surface area contributed by atoms with Crippen LogP contribution in [0.2, 0.25) is 0 Å². The number of hydrogen-bond acceptors (Lipinski definition) is 1. The number of halogens is 5. The quantitative estimate of drug-likeness (QED) is 0.538. The third-order valence-corrected chi connectivity index (χ3v) is 5.37. The highest BCUT2D eigenvalue weighted by Crippen LogP contribution is 2.40. The molecular formula is C15H16BrF3INO. The van der Waals surface area contributed by atoms with Crippen molar-refractivity contribution in [1.29, 1.82) is 0 Å². The smallest absolute Gasteiger partial charge is 0.325 e. The van der Waals surface area contributed by atoms with E-state index in [0.717, 1.165) is 13.7 Å². The molecule has 1 saturated carbocycles. The molecule has 1 N–H and O–H groups in total. The van der Waals surface area contributed by atoms with Gasteiger partial charge in [0.05, 0.1) is 11.6 Å². The van der Waals surface area contributed by atoms with Crippen molar-refractivity contribution in [3.05, 3.63) is 26.2 Å². The zero-order valence-corrected chi connectivity index (χ0v) is 15.5. The first kappa shape index (κ1) is 18.0. The molecule has 1 aliphatic rings. The first-order chi connectivity index (χ1) is 10.3.